The summed E-state index contributed by atoms with van der Waals surface area (Å²) in [7, 11) is 0. The maximum Gasteiger partial charge on any atom is 0.141 e. The first-order valence-corrected chi connectivity index (χ1v) is 11.0. The SMILES string of the molecule is CCC=Nc1cc(C(=S)Nc2ccc(F)c(Cl)c2)cc(N2CCCC(O)CC2)c1C. The van der Waals surface area contributed by atoms with Crippen LogP contribution in [-0.4, -0.2) is 35.5 Å². The van der Waals surface area contributed by atoms with Gasteiger partial charge in [-0.1, -0.05) is 30.7 Å². The number of nitrogens with zero attached hydrogens (tertiary/aromatic N) is 2. The van der Waals surface area contributed by atoms with E-state index in [9.17, 15) is 9.50 Å². The second-order valence-electron chi connectivity index (χ2n) is 7.51. The minimum Gasteiger partial charge on any atom is -0.393 e. The Labute approximate surface area is 187 Å². The summed E-state index contributed by atoms with van der Waals surface area (Å²) in [4.78, 5) is 7.45. The number of aliphatic hydroxyl groups is 1. The number of rotatable bonds is 5. The highest BCUT2D eigenvalue weighted by molar-refractivity contribution is 7.81. The Morgan fingerprint density at radius 1 is 1.33 bits per heavy atom. The molecule has 1 unspecified atom stereocenters. The molecular formula is C23H27ClFN3OS. The molecule has 4 nitrogen and oxygen atoms in total. The maximum atomic E-state index is 13.5. The van der Waals surface area contributed by atoms with E-state index in [2.05, 4.69) is 28.2 Å². The van der Waals surface area contributed by atoms with Crippen molar-refractivity contribution in [3.05, 3.63) is 52.3 Å². The topological polar surface area (TPSA) is 47.9 Å². The monoisotopic (exact) mass is 447 g/mol. The van der Waals surface area contributed by atoms with Gasteiger partial charge in [0, 0.05) is 36.2 Å². The molecule has 0 aliphatic carbocycles. The van der Waals surface area contributed by atoms with Gasteiger partial charge in [0.05, 0.1) is 16.8 Å². The van der Waals surface area contributed by atoms with Gasteiger partial charge in [-0.15, -0.1) is 0 Å². The van der Waals surface area contributed by atoms with E-state index in [0.29, 0.717) is 10.7 Å². The van der Waals surface area contributed by atoms with Gasteiger partial charge in [-0.2, -0.15) is 0 Å². The molecule has 1 saturated heterocycles. The molecule has 1 aliphatic rings. The van der Waals surface area contributed by atoms with Gasteiger partial charge >= 0.3 is 0 Å². The summed E-state index contributed by atoms with van der Waals surface area (Å²) >= 11 is 11.5. The Morgan fingerprint density at radius 2 is 2.13 bits per heavy atom. The van der Waals surface area contributed by atoms with E-state index in [4.69, 9.17) is 23.8 Å². The Bertz CT molecular complexity index is 950. The van der Waals surface area contributed by atoms with Crippen LogP contribution >= 0.6 is 23.8 Å². The summed E-state index contributed by atoms with van der Waals surface area (Å²) in [5, 5.41) is 13.2. The van der Waals surface area contributed by atoms with Crippen LogP contribution < -0.4 is 10.2 Å². The summed E-state index contributed by atoms with van der Waals surface area (Å²) in [6, 6.07) is 8.48. The second kappa shape index (κ2) is 10.3. The number of nitrogens with one attached hydrogen (secondary N) is 1. The third-order valence-corrected chi connectivity index (χ3v) is 5.87. The van der Waals surface area contributed by atoms with Crippen LogP contribution in [0.1, 0.15) is 43.7 Å². The molecular weight excluding hydrogens is 421 g/mol. The molecule has 1 atom stereocenters. The molecule has 1 heterocycles. The molecule has 7 heteroatoms. The zero-order valence-electron chi connectivity index (χ0n) is 17.3. The van der Waals surface area contributed by atoms with Crippen molar-refractivity contribution in [3.63, 3.8) is 0 Å². The van der Waals surface area contributed by atoms with E-state index in [1.165, 1.54) is 12.1 Å². The van der Waals surface area contributed by atoms with Gasteiger partial charge in [-0.3, -0.25) is 4.99 Å². The Balaban J connectivity index is 1.95. The Hall–Kier alpha value is -2.02. The maximum absolute atomic E-state index is 13.5. The number of thiocarbonyl (C=S) groups is 1. The van der Waals surface area contributed by atoms with E-state index >= 15 is 0 Å². The minimum absolute atomic E-state index is 0.0451. The second-order valence-corrected chi connectivity index (χ2v) is 8.33. The zero-order chi connectivity index (χ0) is 21.7. The molecule has 0 spiro atoms. The highest BCUT2D eigenvalue weighted by atomic mass is 35.5. The van der Waals surface area contributed by atoms with Gasteiger partial charge < -0.3 is 15.3 Å². The fourth-order valence-electron chi connectivity index (χ4n) is 3.56. The number of aliphatic hydroxyl groups excluding tert-OH is 1. The molecule has 2 aromatic carbocycles. The zero-order valence-corrected chi connectivity index (χ0v) is 18.9. The smallest absolute Gasteiger partial charge is 0.141 e. The van der Waals surface area contributed by atoms with Crippen LogP contribution in [0.15, 0.2) is 35.3 Å². The van der Waals surface area contributed by atoms with Crippen molar-refractivity contribution in [3.8, 4) is 0 Å². The predicted octanol–water partition coefficient (Wildman–Crippen LogP) is 6.04. The fraction of sp³-hybridized carbons (Fsp3) is 0.391. The molecule has 160 valence electrons. The lowest BCUT2D eigenvalue weighted by molar-refractivity contribution is 0.161. The van der Waals surface area contributed by atoms with E-state index in [1.54, 1.807) is 6.07 Å². The number of aliphatic imine (C=N–C) groups is 1. The Morgan fingerprint density at radius 3 is 2.87 bits per heavy atom. The first-order valence-electron chi connectivity index (χ1n) is 10.3. The largest absolute Gasteiger partial charge is 0.393 e. The summed E-state index contributed by atoms with van der Waals surface area (Å²) in [5.41, 5.74) is 4.50. The van der Waals surface area contributed by atoms with Crippen LogP contribution in [0.3, 0.4) is 0 Å². The molecule has 1 fully saturated rings. The van der Waals surface area contributed by atoms with Crippen molar-refractivity contribution >= 4 is 52.1 Å². The third kappa shape index (κ3) is 5.56. The first-order chi connectivity index (χ1) is 14.4. The number of halogens is 2. The normalized spacial score (nSPS) is 17.2. The van der Waals surface area contributed by atoms with E-state index in [1.807, 2.05) is 19.2 Å². The molecule has 0 bridgehead atoms. The van der Waals surface area contributed by atoms with Crippen molar-refractivity contribution in [2.24, 2.45) is 4.99 Å². The van der Waals surface area contributed by atoms with Crippen LogP contribution in [0.2, 0.25) is 5.02 Å². The van der Waals surface area contributed by atoms with Crippen LogP contribution in [-0.2, 0) is 0 Å². The molecule has 3 rings (SSSR count). The highest BCUT2D eigenvalue weighted by Gasteiger charge is 2.19. The molecule has 2 aromatic rings. The molecule has 0 saturated carbocycles. The highest BCUT2D eigenvalue weighted by Crippen LogP contribution is 2.33. The lowest BCUT2D eigenvalue weighted by Gasteiger charge is -2.26. The van der Waals surface area contributed by atoms with Crippen molar-refractivity contribution < 1.29 is 9.50 Å². The quantitative estimate of drug-likeness (QED) is 0.433. The van der Waals surface area contributed by atoms with Crippen LogP contribution in [0.25, 0.3) is 0 Å². The van der Waals surface area contributed by atoms with Gasteiger partial charge in [-0.05, 0) is 68.5 Å². The van der Waals surface area contributed by atoms with Crippen molar-refractivity contribution in [1.29, 1.82) is 0 Å². The number of hydrogen-bond acceptors (Lipinski definition) is 4. The lowest BCUT2D eigenvalue weighted by atomic mass is 10.1. The summed E-state index contributed by atoms with van der Waals surface area (Å²) in [6.07, 6.45) is 4.98. The van der Waals surface area contributed by atoms with Crippen LogP contribution in [0.5, 0.6) is 0 Å². The molecule has 0 amide bonds. The predicted molar refractivity (Wildman–Crippen MR) is 128 cm³/mol. The van der Waals surface area contributed by atoms with E-state index in [-0.39, 0.29) is 11.1 Å². The van der Waals surface area contributed by atoms with Gasteiger partial charge in [0.15, 0.2) is 0 Å². The minimum atomic E-state index is -0.467. The molecule has 1 aliphatic heterocycles. The molecule has 30 heavy (non-hydrogen) atoms. The summed E-state index contributed by atoms with van der Waals surface area (Å²) in [5.74, 6) is -0.467. The summed E-state index contributed by atoms with van der Waals surface area (Å²) < 4.78 is 13.5. The first kappa shape index (κ1) is 22.7. The Kier molecular flexibility index (Phi) is 7.81. The van der Waals surface area contributed by atoms with Crippen molar-refractivity contribution in [2.75, 3.05) is 23.3 Å². The average molecular weight is 448 g/mol. The van der Waals surface area contributed by atoms with E-state index in [0.717, 1.165) is 61.3 Å². The fourth-order valence-corrected chi connectivity index (χ4v) is 3.98. The van der Waals surface area contributed by atoms with Gasteiger partial charge in [-0.25, -0.2) is 4.39 Å². The van der Waals surface area contributed by atoms with Gasteiger partial charge in [0.2, 0.25) is 0 Å². The van der Waals surface area contributed by atoms with Crippen LogP contribution in [0.4, 0.5) is 21.5 Å². The number of hydrogen-bond donors (Lipinski definition) is 2. The van der Waals surface area contributed by atoms with Crippen molar-refractivity contribution in [1.82, 2.24) is 0 Å². The average Bonchev–Trinajstić information content (AvgIpc) is 2.94. The molecule has 2 N–H and O–H groups in total. The van der Waals surface area contributed by atoms with Gasteiger partial charge in [0.1, 0.15) is 10.8 Å². The number of anilines is 2. The lowest BCUT2D eigenvalue weighted by Crippen LogP contribution is -2.26. The molecule has 0 aromatic heterocycles. The third-order valence-electron chi connectivity index (χ3n) is 5.24. The van der Waals surface area contributed by atoms with Gasteiger partial charge in [0.25, 0.3) is 0 Å². The summed E-state index contributed by atoms with van der Waals surface area (Å²) in [6.45, 7) is 5.78. The number of benzene rings is 2. The van der Waals surface area contributed by atoms with E-state index < -0.39 is 5.82 Å². The molecule has 0 radical (unpaired) electrons. The standard InChI is InChI=1S/C23H27ClFN3OS/c1-3-9-26-21-12-16(23(30)27-17-6-7-20(25)19(24)14-17)13-22(15(21)2)28-10-4-5-18(29)8-11-28/h6-7,9,12-14,18,29H,3-5,8,10-11H2,1-2H3,(H,27,30). The van der Waals surface area contributed by atoms with Crippen molar-refractivity contribution in [2.45, 2.75) is 45.6 Å². The van der Waals surface area contributed by atoms with Crippen LogP contribution in [0, 0.1) is 12.7 Å².